The standard InChI is InChI=1S/C13H19F2N5O5/c1-6(16)10(22)18-5-24-4-7-9(21)13(14,15)11(25-7)20-3-2-8(17)19-12(20)23/h2-3,6-7,9,11,21H,4-5,16H2,1H3,(H,18,22)(H2,17,19,23)/t6-,7+,9+,11+/m0/s1. The summed E-state index contributed by atoms with van der Waals surface area (Å²) in [6.07, 6.45) is -4.69. The molecular formula is C13H19F2N5O5. The van der Waals surface area contributed by atoms with Gasteiger partial charge in [-0.15, -0.1) is 0 Å². The number of nitrogen functional groups attached to an aromatic ring is 1. The van der Waals surface area contributed by atoms with E-state index in [0.29, 0.717) is 4.57 Å². The van der Waals surface area contributed by atoms with Crippen LogP contribution < -0.4 is 22.5 Å². The number of rotatable bonds is 6. The minimum absolute atomic E-state index is 0.132. The molecule has 1 saturated heterocycles. The highest BCUT2D eigenvalue weighted by Crippen LogP contribution is 2.42. The molecule has 0 unspecified atom stereocenters. The van der Waals surface area contributed by atoms with Crippen LogP contribution in [-0.4, -0.2) is 58.1 Å². The maximum Gasteiger partial charge on any atom is 0.351 e. The zero-order valence-corrected chi connectivity index (χ0v) is 13.3. The Morgan fingerprint density at radius 1 is 1.64 bits per heavy atom. The third kappa shape index (κ3) is 4.10. The van der Waals surface area contributed by atoms with Crippen LogP contribution in [0.5, 0.6) is 0 Å². The second-order valence-corrected chi connectivity index (χ2v) is 5.53. The Balaban J connectivity index is 2.01. The molecule has 0 aromatic carbocycles. The fourth-order valence-electron chi connectivity index (χ4n) is 2.17. The molecule has 1 aromatic heterocycles. The number of alkyl halides is 2. The van der Waals surface area contributed by atoms with Crippen molar-refractivity contribution in [2.75, 3.05) is 19.1 Å². The molecule has 0 aliphatic carbocycles. The van der Waals surface area contributed by atoms with Gasteiger partial charge in [0.15, 0.2) is 6.10 Å². The smallest absolute Gasteiger partial charge is 0.351 e. The predicted molar refractivity (Wildman–Crippen MR) is 80.4 cm³/mol. The molecule has 1 aromatic rings. The van der Waals surface area contributed by atoms with Crippen LogP contribution in [0.2, 0.25) is 0 Å². The normalized spacial score (nSPS) is 26.4. The molecule has 140 valence electrons. The van der Waals surface area contributed by atoms with Crippen LogP contribution in [0.15, 0.2) is 17.1 Å². The molecule has 2 rings (SSSR count). The molecule has 4 atom stereocenters. The fraction of sp³-hybridized carbons (Fsp3) is 0.615. The van der Waals surface area contributed by atoms with E-state index >= 15 is 0 Å². The van der Waals surface area contributed by atoms with Gasteiger partial charge in [0, 0.05) is 6.20 Å². The molecule has 0 spiro atoms. The summed E-state index contributed by atoms with van der Waals surface area (Å²) in [6, 6.07) is 0.399. The summed E-state index contributed by atoms with van der Waals surface area (Å²) in [5.74, 6) is -4.38. The van der Waals surface area contributed by atoms with E-state index in [2.05, 4.69) is 10.3 Å². The number of carbonyl (C=O) groups is 1. The average Bonchev–Trinajstić information content (AvgIpc) is 2.75. The molecule has 1 aliphatic heterocycles. The van der Waals surface area contributed by atoms with Crippen LogP contribution in [-0.2, 0) is 14.3 Å². The van der Waals surface area contributed by atoms with Crippen LogP contribution >= 0.6 is 0 Å². The van der Waals surface area contributed by atoms with E-state index in [-0.39, 0.29) is 12.5 Å². The number of aliphatic hydroxyl groups excluding tert-OH is 1. The Hall–Kier alpha value is -2.15. The molecule has 0 saturated carbocycles. The van der Waals surface area contributed by atoms with Crippen LogP contribution in [0, 0.1) is 0 Å². The van der Waals surface area contributed by atoms with Crippen molar-refractivity contribution < 1.29 is 28.2 Å². The van der Waals surface area contributed by atoms with Crippen molar-refractivity contribution in [1.29, 1.82) is 0 Å². The van der Waals surface area contributed by atoms with Crippen molar-refractivity contribution in [3.05, 3.63) is 22.7 Å². The van der Waals surface area contributed by atoms with E-state index in [0.717, 1.165) is 12.3 Å². The highest BCUT2D eigenvalue weighted by molar-refractivity contribution is 5.80. The van der Waals surface area contributed by atoms with Crippen LogP contribution in [0.1, 0.15) is 13.2 Å². The first-order chi connectivity index (χ1) is 11.6. The van der Waals surface area contributed by atoms with Crippen LogP contribution in [0.25, 0.3) is 0 Å². The van der Waals surface area contributed by atoms with Crippen molar-refractivity contribution >= 4 is 11.7 Å². The molecule has 6 N–H and O–H groups in total. The van der Waals surface area contributed by atoms with Gasteiger partial charge in [-0.25, -0.2) is 4.79 Å². The van der Waals surface area contributed by atoms with Gasteiger partial charge in [0.2, 0.25) is 12.1 Å². The second-order valence-electron chi connectivity index (χ2n) is 5.53. The molecule has 10 nitrogen and oxygen atoms in total. The van der Waals surface area contributed by atoms with E-state index < -0.39 is 48.6 Å². The van der Waals surface area contributed by atoms with Gasteiger partial charge in [0.25, 0.3) is 0 Å². The van der Waals surface area contributed by atoms with Crippen molar-refractivity contribution in [2.24, 2.45) is 5.73 Å². The lowest BCUT2D eigenvalue weighted by Crippen LogP contribution is -2.42. The molecule has 2 heterocycles. The maximum absolute atomic E-state index is 14.2. The number of anilines is 1. The zero-order chi connectivity index (χ0) is 18.8. The number of hydrogen-bond donors (Lipinski definition) is 4. The first-order valence-electron chi connectivity index (χ1n) is 7.31. The largest absolute Gasteiger partial charge is 0.384 e. The summed E-state index contributed by atoms with van der Waals surface area (Å²) >= 11 is 0. The van der Waals surface area contributed by atoms with Crippen molar-refractivity contribution in [1.82, 2.24) is 14.9 Å². The third-order valence-electron chi connectivity index (χ3n) is 3.53. The summed E-state index contributed by atoms with van der Waals surface area (Å²) in [5, 5.41) is 12.1. The number of aliphatic hydroxyl groups is 1. The molecular weight excluding hydrogens is 344 g/mol. The molecule has 12 heteroatoms. The van der Waals surface area contributed by atoms with E-state index in [4.69, 9.17) is 20.9 Å². The molecule has 0 radical (unpaired) electrons. The Morgan fingerprint density at radius 2 is 2.32 bits per heavy atom. The monoisotopic (exact) mass is 363 g/mol. The lowest BCUT2D eigenvalue weighted by molar-refractivity contribution is -0.141. The van der Waals surface area contributed by atoms with Crippen molar-refractivity contribution in [2.45, 2.75) is 37.3 Å². The molecule has 1 aliphatic rings. The van der Waals surface area contributed by atoms with Gasteiger partial charge in [-0.2, -0.15) is 13.8 Å². The number of amides is 1. The summed E-state index contributed by atoms with van der Waals surface area (Å²) in [6.45, 7) is 0.721. The number of nitrogens with two attached hydrogens (primary N) is 2. The van der Waals surface area contributed by atoms with Gasteiger partial charge in [-0.05, 0) is 13.0 Å². The Kier molecular flexibility index (Phi) is 5.67. The highest BCUT2D eigenvalue weighted by Gasteiger charge is 2.59. The highest BCUT2D eigenvalue weighted by atomic mass is 19.3. The SMILES string of the molecule is C[C@H](N)C(=O)NCOC[C@H]1O[C@@H](n2ccc(N)nc2=O)C(F)(F)[C@@H]1O. The van der Waals surface area contributed by atoms with Gasteiger partial charge in [-0.1, -0.05) is 0 Å². The minimum Gasteiger partial charge on any atom is -0.384 e. The van der Waals surface area contributed by atoms with Gasteiger partial charge in [-0.3, -0.25) is 9.36 Å². The first-order valence-corrected chi connectivity index (χ1v) is 7.31. The van der Waals surface area contributed by atoms with Crippen LogP contribution in [0.3, 0.4) is 0 Å². The number of ether oxygens (including phenoxy) is 2. The maximum atomic E-state index is 14.2. The number of nitrogens with one attached hydrogen (secondary N) is 1. The Bertz CT molecular complexity index is 683. The second kappa shape index (κ2) is 7.39. The molecule has 1 amide bonds. The van der Waals surface area contributed by atoms with Crippen LogP contribution in [0.4, 0.5) is 14.6 Å². The summed E-state index contributed by atoms with van der Waals surface area (Å²) in [5.41, 5.74) is 9.60. The fourth-order valence-corrected chi connectivity index (χ4v) is 2.17. The minimum atomic E-state index is -3.76. The topological polar surface area (TPSA) is 155 Å². The van der Waals surface area contributed by atoms with Gasteiger partial charge in [0.05, 0.1) is 12.6 Å². The quantitative estimate of drug-likeness (QED) is 0.339. The number of hydrogen-bond acceptors (Lipinski definition) is 8. The van der Waals surface area contributed by atoms with Gasteiger partial charge in [0.1, 0.15) is 18.7 Å². The number of carbonyl (C=O) groups excluding carboxylic acids is 1. The average molecular weight is 363 g/mol. The van der Waals surface area contributed by atoms with E-state index in [1.165, 1.54) is 6.92 Å². The Morgan fingerprint density at radius 3 is 2.92 bits per heavy atom. The third-order valence-corrected chi connectivity index (χ3v) is 3.53. The summed E-state index contributed by atoms with van der Waals surface area (Å²) in [4.78, 5) is 26.3. The van der Waals surface area contributed by atoms with Gasteiger partial charge >= 0.3 is 11.6 Å². The predicted octanol–water partition coefficient (Wildman–Crippen LogP) is -1.84. The molecule has 25 heavy (non-hydrogen) atoms. The van der Waals surface area contributed by atoms with Crippen molar-refractivity contribution in [3.63, 3.8) is 0 Å². The number of aromatic nitrogens is 2. The zero-order valence-electron chi connectivity index (χ0n) is 13.3. The Labute approximate surface area is 140 Å². The van der Waals surface area contributed by atoms with E-state index in [9.17, 15) is 23.5 Å². The van der Waals surface area contributed by atoms with E-state index in [1.807, 2.05) is 0 Å². The lowest BCUT2D eigenvalue weighted by Gasteiger charge is -2.20. The molecule has 1 fully saturated rings. The van der Waals surface area contributed by atoms with Gasteiger partial charge < -0.3 is 31.4 Å². The lowest BCUT2D eigenvalue weighted by atomic mass is 10.1. The molecule has 0 bridgehead atoms. The number of halogens is 2. The van der Waals surface area contributed by atoms with E-state index in [1.54, 1.807) is 0 Å². The number of nitrogens with zero attached hydrogens (tertiary/aromatic N) is 2. The van der Waals surface area contributed by atoms with Crippen molar-refractivity contribution in [3.8, 4) is 0 Å². The first kappa shape index (κ1) is 19.2. The summed E-state index contributed by atoms with van der Waals surface area (Å²) < 4.78 is 39.1. The summed E-state index contributed by atoms with van der Waals surface area (Å²) in [7, 11) is 0.